The summed E-state index contributed by atoms with van der Waals surface area (Å²) in [6, 6.07) is 1.69. The van der Waals surface area contributed by atoms with E-state index in [0.717, 1.165) is 0 Å². The third-order valence-corrected chi connectivity index (χ3v) is 1.67. The zero-order valence-electron chi connectivity index (χ0n) is 6.88. The third kappa shape index (κ3) is 1.56. The average molecular weight is 183 g/mol. The number of pyridine rings is 1. The normalized spacial score (nSPS) is 10.1. The quantitative estimate of drug-likeness (QED) is 0.721. The van der Waals surface area contributed by atoms with E-state index in [9.17, 15) is 8.78 Å². The number of nitrogen functional groups attached to an aromatic ring is 1. The van der Waals surface area contributed by atoms with Crippen LogP contribution in [0.3, 0.4) is 0 Å². The second kappa shape index (κ2) is 3.35. The summed E-state index contributed by atoms with van der Waals surface area (Å²) in [7, 11) is 0. The number of halogens is 2. The van der Waals surface area contributed by atoms with Gasteiger partial charge < -0.3 is 5.73 Å². The molecule has 68 valence electrons. The van der Waals surface area contributed by atoms with Gasteiger partial charge in [-0.25, -0.2) is 13.8 Å². The Morgan fingerprint density at radius 3 is 2.62 bits per heavy atom. The van der Waals surface area contributed by atoms with Gasteiger partial charge in [-0.1, -0.05) is 0 Å². The molecule has 13 heavy (non-hydrogen) atoms. The second-order valence-electron chi connectivity index (χ2n) is 2.53. The Morgan fingerprint density at radius 1 is 1.62 bits per heavy atom. The fourth-order valence-electron chi connectivity index (χ4n) is 1.01. The maximum Gasteiger partial charge on any atom is 0.268 e. The lowest BCUT2D eigenvalue weighted by Crippen LogP contribution is -2.03. The van der Waals surface area contributed by atoms with Crippen LogP contribution in [-0.2, 0) is 0 Å². The van der Waals surface area contributed by atoms with Crippen LogP contribution in [0, 0.1) is 18.3 Å². The molecule has 5 heteroatoms. The van der Waals surface area contributed by atoms with E-state index in [1.165, 1.54) is 13.1 Å². The van der Waals surface area contributed by atoms with E-state index in [1.54, 1.807) is 6.07 Å². The number of rotatable bonds is 1. The Balaban J connectivity index is 3.46. The zero-order chi connectivity index (χ0) is 10.0. The molecule has 1 rings (SSSR count). The van der Waals surface area contributed by atoms with Crippen molar-refractivity contribution in [3.8, 4) is 6.07 Å². The van der Waals surface area contributed by atoms with Crippen molar-refractivity contribution in [2.45, 2.75) is 13.3 Å². The first-order valence-corrected chi connectivity index (χ1v) is 3.51. The van der Waals surface area contributed by atoms with Gasteiger partial charge in [0, 0.05) is 6.20 Å². The molecule has 0 aliphatic carbocycles. The van der Waals surface area contributed by atoms with E-state index < -0.39 is 12.0 Å². The van der Waals surface area contributed by atoms with Crippen LogP contribution in [0.5, 0.6) is 0 Å². The van der Waals surface area contributed by atoms with Gasteiger partial charge in [0.25, 0.3) is 6.43 Å². The highest BCUT2D eigenvalue weighted by Gasteiger charge is 2.19. The molecule has 3 nitrogen and oxygen atoms in total. The second-order valence-corrected chi connectivity index (χ2v) is 2.53. The lowest BCUT2D eigenvalue weighted by Gasteiger charge is -2.07. The van der Waals surface area contributed by atoms with Crippen molar-refractivity contribution in [3.05, 3.63) is 22.9 Å². The molecule has 0 aromatic carbocycles. The number of anilines is 1. The van der Waals surface area contributed by atoms with E-state index in [1.807, 2.05) is 0 Å². The van der Waals surface area contributed by atoms with Gasteiger partial charge in [0.2, 0.25) is 0 Å². The van der Waals surface area contributed by atoms with E-state index in [-0.39, 0.29) is 11.4 Å². The number of nitriles is 1. The van der Waals surface area contributed by atoms with Gasteiger partial charge >= 0.3 is 0 Å². The van der Waals surface area contributed by atoms with Crippen LogP contribution in [0.15, 0.2) is 6.20 Å². The van der Waals surface area contributed by atoms with Gasteiger partial charge in [-0.15, -0.1) is 0 Å². The number of nitrogens with zero attached hydrogens (tertiary/aromatic N) is 2. The molecule has 0 saturated heterocycles. The standard InChI is InChI=1S/C8H7F2N3/c1-4-3-13-8(12)6(7(9)10)5(4)2-11/h3,7H,1H3,(H2,12,13). The van der Waals surface area contributed by atoms with Crippen LogP contribution >= 0.6 is 0 Å². The molecule has 1 heterocycles. The summed E-state index contributed by atoms with van der Waals surface area (Å²) < 4.78 is 24.8. The first-order valence-electron chi connectivity index (χ1n) is 3.51. The molecule has 0 spiro atoms. The molecule has 0 radical (unpaired) electrons. The molecule has 0 atom stereocenters. The van der Waals surface area contributed by atoms with Gasteiger partial charge in [0.1, 0.15) is 11.9 Å². The molecule has 0 aliphatic heterocycles. The largest absolute Gasteiger partial charge is 0.383 e. The van der Waals surface area contributed by atoms with Crippen molar-refractivity contribution in [1.29, 1.82) is 5.26 Å². The summed E-state index contributed by atoms with van der Waals surface area (Å²) in [4.78, 5) is 3.56. The van der Waals surface area contributed by atoms with Crippen molar-refractivity contribution in [2.75, 3.05) is 5.73 Å². The first-order chi connectivity index (χ1) is 6.07. The van der Waals surface area contributed by atoms with Crippen LogP contribution in [0.2, 0.25) is 0 Å². The molecule has 0 unspecified atom stereocenters. The molecule has 0 amide bonds. The number of aryl methyl sites for hydroxylation is 1. The van der Waals surface area contributed by atoms with Crippen molar-refractivity contribution < 1.29 is 8.78 Å². The van der Waals surface area contributed by atoms with Gasteiger partial charge in [-0.05, 0) is 12.5 Å². The Morgan fingerprint density at radius 2 is 2.23 bits per heavy atom. The molecule has 1 aromatic rings. The predicted molar refractivity (Wildman–Crippen MR) is 43.1 cm³/mol. The highest BCUT2D eigenvalue weighted by Crippen LogP contribution is 2.28. The minimum atomic E-state index is -2.76. The maximum atomic E-state index is 12.4. The minimum absolute atomic E-state index is 0.0810. The van der Waals surface area contributed by atoms with Crippen molar-refractivity contribution in [2.24, 2.45) is 0 Å². The first kappa shape index (κ1) is 9.39. The third-order valence-electron chi connectivity index (χ3n) is 1.67. The van der Waals surface area contributed by atoms with Crippen LogP contribution in [0.1, 0.15) is 23.1 Å². The predicted octanol–water partition coefficient (Wildman–Crippen LogP) is 1.78. The van der Waals surface area contributed by atoms with E-state index in [2.05, 4.69) is 4.98 Å². The fraction of sp³-hybridized carbons (Fsp3) is 0.250. The maximum absolute atomic E-state index is 12.4. The fourth-order valence-corrected chi connectivity index (χ4v) is 1.01. The van der Waals surface area contributed by atoms with Crippen LogP contribution in [0.4, 0.5) is 14.6 Å². The van der Waals surface area contributed by atoms with E-state index in [0.29, 0.717) is 5.56 Å². The Hall–Kier alpha value is -1.70. The average Bonchev–Trinajstić information content (AvgIpc) is 2.07. The van der Waals surface area contributed by atoms with Crippen molar-refractivity contribution in [1.82, 2.24) is 4.98 Å². The Kier molecular flexibility index (Phi) is 2.42. The van der Waals surface area contributed by atoms with E-state index >= 15 is 0 Å². The number of aromatic nitrogens is 1. The number of nitrogens with two attached hydrogens (primary N) is 1. The molecule has 0 bridgehead atoms. The SMILES string of the molecule is Cc1cnc(N)c(C(F)F)c1C#N. The molecule has 2 N–H and O–H groups in total. The number of hydrogen-bond donors (Lipinski definition) is 1. The van der Waals surface area contributed by atoms with Gasteiger partial charge in [0.05, 0.1) is 11.1 Å². The lowest BCUT2D eigenvalue weighted by atomic mass is 10.1. The highest BCUT2D eigenvalue weighted by atomic mass is 19.3. The summed E-state index contributed by atoms with van der Waals surface area (Å²) >= 11 is 0. The highest BCUT2D eigenvalue weighted by molar-refractivity contribution is 5.53. The van der Waals surface area contributed by atoms with E-state index in [4.69, 9.17) is 11.0 Å². The summed E-state index contributed by atoms with van der Waals surface area (Å²) in [5.74, 6) is -0.280. The number of alkyl halides is 2. The lowest BCUT2D eigenvalue weighted by molar-refractivity contribution is 0.151. The molecule has 0 aliphatic rings. The minimum Gasteiger partial charge on any atom is -0.383 e. The van der Waals surface area contributed by atoms with Gasteiger partial charge in [-0.2, -0.15) is 5.26 Å². The number of hydrogen-bond acceptors (Lipinski definition) is 3. The van der Waals surface area contributed by atoms with Crippen LogP contribution in [0.25, 0.3) is 0 Å². The molecule has 0 saturated carbocycles. The summed E-state index contributed by atoms with van der Waals surface area (Å²) in [6.07, 6.45) is -1.46. The van der Waals surface area contributed by atoms with Crippen LogP contribution in [-0.4, -0.2) is 4.98 Å². The molecule has 1 aromatic heterocycles. The summed E-state index contributed by atoms with van der Waals surface area (Å²) in [6.45, 7) is 1.54. The van der Waals surface area contributed by atoms with Gasteiger partial charge in [0.15, 0.2) is 0 Å². The zero-order valence-corrected chi connectivity index (χ0v) is 6.88. The summed E-state index contributed by atoms with van der Waals surface area (Å²) in [5, 5.41) is 8.61. The topological polar surface area (TPSA) is 62.7 Å². The Bertz CT molecular complexity index is 368. The van der Waals surface area contributed by atoms with Crippen molar-refractivity contribution >= 4 is 5.82 Å². The molecular formula is C8H7F2N3. The molecular weight excluding hydrogens is 176 g/mol. The summed E-state index contributed by atoms with van der Waals surface area (Å²) in [5.41, 5.74) is 5.08. The molecule has 0 fully saturated rings. The van der Waals surface area contributed by atoms with Crippen LogP contribution < -0.4 is 5.73 Å². The van der Waals surface area contributed by atoms with Gasteiger partial charge in [-0.3, -0.25) is 0 Å². The monoisotopic (exact) mass is 183 g/mol. The van der Waals surface area contributed by atoms with Crippen molar-refractivity contribution in [3.63, 3.8) is 0 Å². The smallest absolute Gasteiger partial charge is 0.268 e. The Labute approximate surface area is 73.8 Å².